The van der Waals surface area contributed by atoms with E-state index < -0.39 is 11.2 Å². The number of amides is 1. The molecule has 1 amide bonds. The summed E-state index contributed by atoms with van der Waals surface area (Å²) in [6.07, 6.45) is 4.48. The van der Waals surface area contributed by atoms with Gasteiger partial charge < -0.3 is 24.2 Å². The van der Waals surface area contributed by atoms with Gasteiger partial charge in [-0.05, 0) is 83.1 Å². The van der Waals surface area contributed by atoms with Crippen LogP contribution in [0.25, 0.3) is 0 Å². The van der Waals surface area contributed by atoms with Crippen LogP contribution in [0.15, 0.2) is 24.5 Å². The Hall–Kier alpha value is -2.76. The molecule has 2 aliphatic heterocycles. The van der Waals surface area contributed by atoms with Crippen LogP contribution in [0.3, 0.4) is 0 Å². The maximum absolute atomic E-state index is 14.3. The summed E-state index contributed by atoms with van der Waals surface area (Å²) < 4.78 is 25.7. The van der Waals surface area contributed by atoms with Crippen LogP contribution < -0.4 is 9.64 Å². The molecule has 1 aromatic heterocycles. The van der Waals surface area contributed by atoms with Gasteiger partial charge in [0.05, 0.1) is 21.3 Å². The van der Waals surface area contributed by atoms with Crippen LogP contribution in [0, 0.1) is 17.2 Å². The van der Waals surface area contributed by atoms with Gasteiger partial charge in [-0.25, -0.2) is 9.37 Å². The Morgan fingerprint density at radius 1 is 1.20 bits per heavy atom. The van der Waals surface area contributed by atoms with Crippen molar-refractivity contribution in [1.82, 2.24) is 29.9 Å². The molecule has 2 aromatic rings. The summed E-state index contributed by atoms with van der Waals surface area (Å²) in [6.45, 7) is 15.5. The molecule has 0 bridgehead atoms. The number of halogens is 1. The van der Waals surface area contributed by atoms with Gasteiger partial charge in [0.25, 0.3) is 11.8 Å². The zero-order chi connectivity index (χ0) is 32.9. The minimum atomic E-state index is -0.980. The number of hydrogen-bond acceptors (Lipinski definition) is 9. The Bertz CT molecular complexity index is 1300. The predicted octanol–water partition coefficient (Wildman–Crippen LogP) is 3.56. The molecule has 0 N–H and O–H groups in total. The number of hydrogen-bond donors (Lipinski definition) is 0. The third kappa shape index (κ3) is 8.16. The van der Waals surface area contributed by atoms with Gasteiger partial charge >= 0.3 is 0 Å². The van der Waals surface area contributed by atoms with Gasteiger partial charge in [-0.2, -0.15) is 0 Å². The Morgan fingerprint density at radius 2 is 1.93 bits per heavy atom. The highest BCUT2D eigenvalue weighted by molar-refractivity contribution is 6.40. The predicted molar refractivity (Wildman–Crippen MR) is 176 cm³/mol. The van der Waals surface area contributed by atoms with Crippen LogP contribution >= 0.6 is 0 Å². The molecule has 1 atom stereocenters. The summed E-state index contributed by atoms with van der Waals surface area (Å²) >= 11 is 0. The van der Waals surface area contributed by atoms with E-state index in [2.05, 4.69) is 38.8 Å². The standard InChI is InChI=1S/C32H48B2FN7O3/c1-8-42(23(4)5)30(43)25-16-24(35)11-12-27(25)45-29-28(36-21-37-38-29)40-15-13-31(17-40)18-41(19-31)26(22(2)3)10-9-14-39(6)32(33,34)20-44-7/h11-12,16,21-23,26H,8-10,13-15,17-20H2,1-7H3. The number of methoxy groups -OCH3 is 1. The Kier molecular flexibility index (Phi) is 11.5. The monoisotopic (exact) mass is 619 g/mol. The Balaban J connectivity index is 1.41. The molecule has 4 rings (SSSR count). The molecule has 4 radical (unpaired) electrons. The number of benzene rings is 1. The molecule has 1 spiro atoms. The number of anilines is 1. The Morgan fingerprint density at radius 3 is 2.58 bits per heavy atom. The SMILES string of the molecule is [B]C([B])(COC)N(C)CCCC(C(C)C)N1CC2(CCN(c3ncnnc3Oc3ccc(F)cc3C(=O)N(CC)C(C)C)C2)C1. The molecule has 1 aromatic carbocycles. The number of aromatic nitrogens is 3. The third-order valence-electron chi connectivity index (χ3n) is 9.31. The highest BCUT2D eigenvalue weighted by atomic mass is 19.1. The number of carbonyl (C=O) groups is 1. The smallest absolute Gasteiger partial charge is 0.282 e. The summed E-state index contributed by atoms with van der Waals surface area (Å²) in [5.41, 5.74) is 0.299. The summed E-state index contributed by atoms with van der Waals surface area (Å²) in [4.78, 5) is 26.3. The lowest BCUT2D eigenvalue weighted by molar-refractivity contribution is -0.0347. The fraction of sp³-hybridized carbons (Fsp3) is 0.688. The lowest BCUT2D eigenvalue weighted by Crippen LogP contribution is -2.62. The molecule has 3 heterocycles. The van der Waals surface area contributed by atoms with E-state index in [1.165, 1.54) is 24.5 Å². The van der Waals surface area contributed by atoms with E-state index in [4.69, 9.17) is 25.2 Å². The van der Waals surface area contributed by atoms with Gasteiger partial charge in [0.15, 0.2) is 5.82 Å². The van der Waals surface area contributed by atoms with Gasteiger partial charge in [-0.1, -0.05) is 13.8 Å². The molecule has 45 heavy (non-hydrogen) atoms. The number of nitrogens with zero attached hydrogens (tertiary/aromatic N) is 7. The number of carbonyl (C=O) groups excluding carboxylic acids is 1. The summed E-state index contributed by atoms with van der Waals surface area (Å²) in [5.74, 6) is 0.702. The zero-order valence-electron chi connectivity index (χ0n) is 28.0. The molecule has 2 saturated heterocycles. The second-order valence-electron chi connectivity index (χ2n) is 13.4. The topological polar surface area (TPSA) is 87.2 Å². The third-order valence-corrected chi connectivity index (χ3v) is 9.31. The molecule has 13 heteroatoms. The van der Waals surface area contributed by atoms with Gasteiger partial charge in [-0.15, -0.1) is 10.2 Å². The number of likely N-dealkylation sites (N-methyl/N-ethyl adjacent to an activating group) is 1. The molecular weight excluding hydrogens is 571 g/mol. The summed E-state index contributed by atoms with van der Waals surface area (Å²) in [7, 11) is 15.9. The molecule has 2 aliphatic rings. The van der Waals surface area contributed by atoms with Crippen molar-refractivity contribution in [2.24, 2.45) is 11.3 Å². The molecule has 2 fully saturated rings. The van der Waals surface area contributed by atoms with Crippen molar-refractivity contribution in [2.75, 3.05) is 64.9 Å². The van der Waals surface area contributed by atoms with Crippen LogP contribution in [0.5, 0.6) is 11.6 Å². The van der Waals surface area contributed by atoms with Crippen LogP contribution in [0.1, 0.15) is 64.2 Å². The van der Waals surface area contributed by atoms with Crippen molar-refractivity contribution < 1.29 is 18.7 Å². The van der Waals surface area contributed by atoms with Crippen molar-refractivity contribution in [2.45, 2.75) is 71.3 Å². The van der Waals surface area contributed by atoms with Gasteiger partial charge in [0.1, 0.15) is 17.9 Å². The normalized spacial score (nSPS) is 17.4. The lowest BCUT2D eigenvalue weighted by Gasteiger charge is -2.53. The molecular formula is C32H48B2FN7O3. The van der Waals surface area contributed by atoms with E-state index in [9.17, 15) is 9.18 Å². The molecule has 0 saturated carbocycles. The Labute approximate surface area is 270 Å². The zero-order valence-corrected chi connectivity index (χ0v) is 28.0. The maximum Gasteiger partial charge on any atom is 0.282 e. The van der Waals surface area contributed by atoms with Crippen LogP contribution in [0.4, 0.5) is 10.2 Å². The highest BCUT2D eigenvalue weighted by Gasteiger charge is 2.50. The average Bonchev–Trinajstić information content (AvgIpc) is 3.41. The molecule has 10 nitrogen and oxygen atoms in total. The first-order valence-electron chi connectivity index (χ1n) is 16.0. The first kappa shape index (κ1) is 35.1. The largest absolute Gasteiger partial charge is 0.434 e. The van der Waals surface area contributed by atoms with Crippen molar-refractivity contribution in [3.63, 3.8) is 0 Å². The highest BCUT2D eigenvalue weighted by Crippen LogP contribution is 2.44. The van der Waals surface area contributed by atoms with Crippen LogP contribution in [-0.2, 0) is 4.74 Å². The summed E-state index contributed by atoms with van der Waals surface area (Å²) in [5, 5.41) is 7.22. The number of ether oxygens (including phenoxy) is 2. The first-order chi connectivity index (χ1) is 21.3. The summed E-state index contributed by atoms with van der Waals surface area (Å²) in [6, 6.07) is 4.37. The van der Waals surface area contributed by atoms with E-state index in [0.29, 0.717) is 24.3 Å². The molecule has 1 unspecified atom stereocenters. The molecule has 0 aliphatic carbocycles. The van der Waals surface area contributed by atoms with Crippen molar-refractivity contribution in [1.29, 1.82) is 0 Å². The lowest BCUT2D eigenvalue weighted by atomic mass is 9.61. The van der Waals surface area contributed by atoms with Crippen LogP contribution in [0.2, 0.25) is 0 Å². The maximum atomic E-state index is 14.3. The van der Waals surface area contributed by atoms with Gasteiger partial charge in [0, 0.05) is 63.9 Å². The van der Waals surface area contributed by atoms with Gasteiger partial charge in [0.2, 0.25) is 0 Å². The molecule has 242 valence electrons. The first-order valence-corrected chi connectivity index (χ1v) is 16.0. The average molecular weight is 619 g/mol. The van der Waals surface area contributed by atoms with E-state index in [1.54, 1.807) is 12.0 Å². The van der Waals surface area contributed by atoms with E-state index in [0.717, 1.165) is 52.0 Å². The van der Waals surface area contributed by atoms with E-state index in [-0.39, 0.29) is 41.2 Å². The van der Waals surface area contributed by atoms with E-state index in [1.807, 2.05) is 32.7 Å². The van der Waals surface area contributed by atoms with Crippen molar-refractivity contribution >= 4 is 27.4 Å². The van der Waals surface area contributed by atoms with Gasteiger partial charge in [-0.3, -0.25) is 9.69 Å². The van der Waals surface area contributed by atoms with E-state index >= 15 is 0 Å². The van der Waals surface area contributed by atoms with Crippen LogP contribution in [-0.4, -0.2) is 129 Å². The quantitative estimate of drug-likeness (QED) is 0.278. The fourth-order valence-corrected chi connectivity index (χ4v) is 6.75. The fourth-order valence-electron chi connectivity index (χ4n) is 6.75. The minimum absolute atomic E-state index is 0.0518. The minimum Gasteiger partial charge on any atom is -0.434 e. The number of rotatable bonds is 15. The second-order valence-corrected chi connectivity index (χ2v) is 13.4. The van der Waals surface area contributed by atoms with Crippen molar-refractivity contribution in [3.05, 3.63) is 35.9 Å². The number of likely N-dealkylation sites (tertiary alicyclic amines) is 1. The second kappa shape index (κ2) is 14.8. The van der Waals surface area contributed by atoms with Crippen molar-refractivity contribution in [3.8, 4) is 11.6 Å².